The van der Waals surface area contributed by atoms with Crippen LogP contribution < -0.4 is 0 Å². The highest BCUT2D eigenvalue weighted by molar-refractivity contribution is 7.55. The standard InChI is InChI=1S/C31H52N3P/c1-21(2)16-25-10-9-11-26(17-22(3)4)29(25)32-30-27-12-13-28(18-27)31(30)35-33(19-23(5)6)14-15-34(35)20-24(7)8/h9-11,21-24,27-28,31H,12-20H2,1-8H3/b32-30+. The van der Waals surface area contributed by atoms with Gasteiger partial charge in [-0.2, -0.15) is 0 Å². The summed E-state index contributed by atoms with van der Waals surface area (Å²) in [5.74, 6) is 4.32. The van der Waals surface area contributed by atoms with Gasteiger partial charge in [-0.3, -0.25) is 14.3 Å². The lowest BCUT2D eigenvalue weighted by Gasteiger charge is -2.40. The monoisotopic (exact) mass is 497 g/mol. The zero-order chi connectivity index (χ0) is 25.3. The Balaban J connectivity index is 1.77. The molecule has 0 N–H and O–H groups in total. The predicted octanol–water partition coefficient (Wildman–Crippen LogP) is 8.20. The van der Waals surface area contributed by atoms with E-state index < -0.39 is 0 Å². The third-order valence-corrected chi connectivity index (χ3v) is 11.0. The fourth-order valence-electron chi connectivity index (χ4n) is 6.80. The molecule has 35 heavy (non-hydrogen) atoms. The van der Waals surface area contributed by atoms with Crippen molar-refractivity contribution in [1.82, 2.24) is 9.34 Å². The van der Waals surface area contributed by atoms with E-state index in [0.717, 1.165) is 30.6 Å². The fraction of sp³-hybridized carbons (Fsp3) is 0.774. The summed E-state index contributed by atoms with van der Waals surface area (Å²) < 4.78 is 5.80. The van der Waals surface area contributed by atoms with Gasteiger partial charge in [0.05, 0.1) is 5.69 Å². The number of fused-ring (bicyclic) bond motifs is 2. The summed E-state index contributed by atoms with van der Waals surface area (Å²) in [7, 11) is -0.305. The number of aliphatic imine (C=N–C) groups is 1. The fourth-order valence-corrected chi connectivity index (χ4v) is 10.6. The first-order chi connectivity index (χ1) is 16.6. The average Bonchev–Trinajstić information content (AvgIpc) is 3.44. The molecular weight excluding hydrogens is 445 g/mol. The molecule has 3 atom stereocenters. The summed E-state index contributed by atoms with van der Waals surface area (Å²) in [5, 5.41) is 0. The second-order valence-electron chi connectivity index (χ2n) is 13.3. The van der Waals surface area contributed by atoms with Gasteiger partial charge in [-0.25, -0.2) is 0 Å². The number of hydrogen-bond acceptors (Lipinski definition) is 3. The quantitative estimate of drug-likeness (QED) is 0.303. The van der Waals surface area contributed by atoms with E-state index in [2.05, 4.69) is 82.9 Å². The largest absolute Gasteiger partial charge is 0.268 e. The lowest BCUT2D eigenvalue weighted by Crippen LogP contribution is -2.36. The molecule has 2 saturated carbocycles. The van der Waals surface area contributed by atoms with Crippen LogP contribution in [-0.4, -0.2) is 46.9 Å². The lowest BCUT2D eigenvalue weighted by atomic mass is 9.93. The van der Waals surface area contributed by atoms with E-state index in [1.54, 1.807) is 5.71 Å². The Labute approximate surface area is 218 Å². The average molecular weight is 498 g/mol. The topological polar surface area (TPSA) is 18.8 Å². The minimum Gasteiger partial charge on any atom is -0.268 e. The first kappa shape index (κ1) is 27.3. The van der Waals surface area contributed by atoms with Gasteiger partial charge >= 0.3 is 0 Å². The van der Waals surface area contributed by atoms with Gasteiger partial charge in [-0.05, 0) is 78.7 Å². The minimum absolute atomic E-state index is 0.305. The maximum Gasteiger partial charge on any atom is 0.0693 e. The summed E-state index contributed by atoms with van der Waals surface area (Å²) >= 11 is 0. The van der Waals surface area contributed by atoms with Gasteiger partial charge in [-0.15, -0.1) is 0 Å². The summed E-state index contributed by atoms with van der Waals surface area (Å²) in [6.45, 7) is 24.0. The van der Waals surface area contributed by atoms with Gasteiger partial charge in [-0.1, -0.05) is 73.6 Å². The Bertz CT molecular complexity index is 828. The highest BCUT2D eigenvalue weighted by Crippen LogP contribution is 2.63. The number of nitrogens with zero attached hydrogens (tertiary/aromatic N) is 3. The van der Waals surface area contributed by atoms with E-state index in [4.69, 9.17) is 4.99 Å². The molecule has 4 heteroatoms. The van der Waals surface area contributed by atoms with Crippen molar-refractivity contribution in [1.29, 1.82) is 0 Å². The lowest BCUT2D eigenvalue weighted by molar-refractivity contribution is 0.401. The van der Waals surface area contributed by atoms with E-state index in [1.165, 1.54) is 62.3 Å². The molecule has 3 aliphatic rings. The zero-order valence-corrected chi connectivity index (χ0v) is 24.8. The molecular formula is C31H52N3P. The van der Waals surface area contributed by atoms with Crippen molar-refractivity contribution in [3.8, 4) is 0 Å². The van der Waals surface area contributed by atoms with Crippen molar-refractivity contribution < 1.29 is 0 Å². The van der Waals surface area contributed by atoms with Crippen molar-refractivity contribution in [3.63, 3.8) is 0 Å². The maximum atomic E-state index is 5.78. The molecule has 1 aliphatic heterocycles. The Kier molecular flexibility index (Phi) is 9.15. The van der Waals surface area contributed by atoms with Crippen LogP contribution in [0.1, 0.15) is 85.8 Å². The van der Waals surface area contributed by atoms with E-state index >= 15 is 0 Å². The van der Waals surface area contributed by atoms with Crippen molar-refractivity contribution in [2.75, 3.05) is 26.2 Å². The first-order valence-corrected chi connectivity index (χ1v) is 15.9. The Hall–Kier alpha value is -0.760. The molecule has 196 valence electrons. The number of rotatable bonds is 10. The Morgan fingerprint density at radius 1 is 0.800 bits per heavy atom. The van der Waals surface area contributed by atoms with Crippen molar-refractivity contribution in [2.24, 2.45) is 40.5 Å². The highest BCUT2D eigenvalue weighted by atomic mass is 31.1. The van der Waals surface area contributed by atoms with E-state index in [-0.39, 0.29) is 8.22 Å². The SMILES string of the molecule is CC(C)Cc1cccc(CC(C)C)c1/N=C1\C2CCC(C2)C1P1N(CC(C)C)CCN1CC(C)C. The zero-order valence-electron chi connectivity index (χ0n) is 23.9. The van der Waals surface area contributed by atoms with Crippen molar-refractivity contribution in [2.45, 2.75) is 93.2 Å². The summed E-state index contributed by atoms with van der Waals surface area (Å²) in [6, 6.07) is 7.01. The molecule has 1 aromatic carbocycles. The number of benzene rings is 1. The maximum absolute atomic E-state index is 5.78. The molecule has 4 rings (SSSR count). The van der Waals surface area contributed by atoms with E-state index in [9.17, 15) is 0 Å². The molecule has 1 heterocycles. The van der Waals surface area contributed by atoms with Crippen LogP contribution in [-0.2, 0) is 12.8 Å². The number of hydrogen-bond donors (Lipinski definition) is 0. The van der Waals surface area contributed by atoms with Crippen LogP contribution in [0.25, 0.3) is 0 Å². The van der Waals surface area contributed by atoms with Crippen molar-refractivity contribution >= 4 is 19.6 Å². The van der Waals surface area contributed by atoms with Gasteiger partial charge in [0.2, 0.25) is 0 Å². The van der Waals surface area contributed by atoms with Crippen LogP contribution in [0.3, 0.4) is 0 Å². The van der Waals surface area contributed by atoms with Crippen LogP contribution in [0.2, 0.25) is 0 Å². The van der Waals surface area contributed by atoms with Gasteiger partial charge < -0.3 is 0 Å². The third-order valence-electron chi connectivity index (χ3n) is 7.94. The third kappa shape index (κ3) is 6.39. The molecule has 2 aliphatic carbocycles. The molecule has 3 fully saturated rings. The van der Waals surface area contributed by atoms with Crippen LogP contribution in [0.5, 0.6) is 0 Å². The van der Waals surface area contributed by atoms with E-state index in [1.807, 2.05) is 0 Å². The molecule has 3 nitrogen and oxygen atoms in total. The van der Waals surface area contributed by atoms with E-state index in [0.29, 0.717) is 23.4 Å². The number of para-hydroxylation sites is 1. The van der Waals surface area contributed by atoms with Crippen LogP contribution in [0.4, 0.5) is 5.69 Å². The summed E-state index contributed by atoms with van der Waals surface area (Å²) in [6.07, 6.45) is 6.43. The second-order valence-corrected chi connectivity index (χ2v) is 15.6. The Morgan fingerprint density at radius 3 is 1.83 bits per heavy atom. The molecule has 3 unspecified atom stereocenters. The minimum atomic E-state index is -0.305. The molecule has 2 bridgehead atoms. The second kappa shape index (κ2) is 11.7. The van der Waals surface area contributed by atoms with Gasteiger partial charge in [0.15, 0.2) is 0 Å². The highest BCUT2D eigenvalue weighted by Gasteiger charge is 2.53. The Morgan fingerprint density at radius 2 is 1.34 bits per heavy atom. The molecule has 1 saturated heterocycles. The molecule has 1 aromatic rings. The van der Waals surface area contributed by atoms with Gasteiger partial charge in [0, 0.05) is 45.8 Å². The summed E-state index contributed by atoms with van der Waals surface area (Å²) in [4.78, 5) is 5.78. The normalized spacial score (nSPS) is 27.2. The molecule has 0 aromatic heterocycles. The molecule has 0 spiro atoms. The smallest absolute Gasteiger partial charge is 0.0693 e. The van der Waals surface area contributed by atoms with Crippen LogP contribution in [0, 0.1) is 35.5 Å². The molecule has 0 amide bonds. The predicted molar refractivity (Wildman–Crippen MR) is 155 cm³/mol. The summed E-state index contributed by atoms with van der Waals surface area (Å²) in [5.41, 5.74) is 6.57. The van der Waals surface area contributed by atoms with Gasteiger partial charge in [0.1, 0.15) is 0 Å². The first-order valence-electron chi connectivity index (χ1n) is 14.6. The van der Waals surface area contributed by atoms with Crippen LogP contribution in [0.15, 0.2) is 23.2 Å². The molecule has 0 radical (unpaired) electrons. The van der Waals surface area contributed by atoms with Crippen LogP contribution >= 0.6 is 8.22 Å². The van der Waals surface area contributed by atoms with Crippen molar-refractivity contribution in [3.05, 3.63) is 29.3 Å². The van der Waals surface area contributed by atoms with Gasteiger partial charge in [0.25, 0.3) is 0 Å².